The maximum atomic E-state index is 12.6. The molecule has 1 aliphatic rings. The van der Waals surface area contributed by atoms with Gasteiger partial charge in [-0.3, -0.25) is 9.59 Å². The van der Waals surface area contributed by atoms with Gasteiger partial charge in [0.1, 0.15) is 11.5 Å². The third-order valence-corrected chi connectivity index (χ3v) is 4.66. The van der Waals surface area contributed by atoms with Crippen molar-refractivity contribution in [2.24, 2.45) is 5.92 Å². The first-order chi connectivity index (χ1) is 13.3. The lowest BCUT2D eigenvalue weighted by Crippen LogP contribution is -2.28. The monoisotopic (exact) mass is 404 g/mol. The number of carboxylic acid groups (broad SMARTS) is 1. The average molecular weight is 405 g/mol. The molecule has 0 bridgehead atoms. The molecule has 1 aliphatic heterocycles. The van der Waals surface area contributed by atoms with Crippen molar-refractivity contribution in [2.75, 3.05) is 23.9 Å². The second-order valence-electron chi connectivity index (χ2n) is 6.25. The van der Waals surface area contributed by atoms with Crippen molar-refractivity contribution in [3.63, 3.8) is 0 Å². The molecule has 2 aromatic carbocycles. The molecule has 0 spiro atoms. The van der Waals surface area contributed by atoms with Crippen LogP contribution in [0.2, 0.25) is 5.02 Å². The molecule has 0 aromatic heterocycles. The van der Waals surface area contributed by atoms with Crippen molar-refractivity contribution < 1.29 is 29.3 Å². The zero-order valence-electron chi connectivity index (χ0n) is 14.8. The zero-order valence-corrected chi connectivity index (χ0v) is 15.6. The molecule has 9 heteroatoms. The minimum absolute atomic E-state index is 0.0314. The van der Waals surface area contributed by atoms with Gasteiger partial charge in [-0.2, -0.15) is 0 Å². The zero-order chi connectivity index (χ0) is 20.4. The van der Waals surface area contributed by atoms with E-state index in [-0.39, 0.29) is 35.9 Å². The number of benzene rings is 2. The second-order valence-corrected chi connectivity index (χ2v) is 6.68. The number of rotatable bonds is 5. The number of hydrogen-bond donors (Lipinski definition) is 3. The van der Waals surface area contributed by atoms with Crippen molar-refractivity contribution in [1.82, 2.24) is 0 Å². The van der Waals surface area contributed by atoms with Crippen LogP contribution in [0.1, 0.15) is 16.8 Å². The third kappa shape index (κ3) is 3.86. The van der Waals surface area contributed by atoms with Gasteiger partial charge in [0.2, 0.25) is 11.8 Å². The van der Waals surface area contributed by atoms with E-state index in [1.165, 1.54) is 24.1 Å². The summed E-state index contributed by atoms with van der Waals surface area (Å²) in [5, 5.41) is 21.8. The molecule has 1 unspecified atom stereocenters. The van der Waals surface area contributed by atoms with Crippen LogP contribution in [0.25, 0.3) is 0 Å². The summed E-state index contributed by atoms with van der Waals surface area (Å²) in [4.78, 5) is 37.5. The first-order valence-electron chi connectivity index (χ1n) is 8.31. The molecule has 2 amide bonds. The first kappa shape index (κ1) is 19.5. The van der Waals surface area contributed by atoms with E-state index in [2.05, 4.69) is 5.32 Å². The Balaban J connectivity index is 1.79. The Hall–Kier alpha value is -3.26. The van der Waals surface area contributed by atoms with Gasteiger partial charge in [-0.05, 0) is 36.4 Å². The van der Waals surface area contributed by atoms with Gasteiger partial charge in [-0.15, -0.1) is 0 Å². The van der Waals surface area contributed by atoms with Gasteiger partial charge in [0.05, 0.1) is 30.0 Å². The summed E-state index contributed by atoms with van der Waals surface area (Å²) in [6, 6.07) is 8.41. The average Bonchev–Trinajstić information content (AvgIpc) is 3.05. The Morgan fingerprint density at radius 1 is 1.25 bits per heavy atom. The largest absolute Gasteiger partial charge is 0.506 e. The van der Waals surface area contributed by atoms with Gasteiger partial charge < -0.3 is 25.2 Å². The second kappa shape index (κ2) is 7.77. The Kier molecular flexibility index (Phi) is 5.41. The fraction of sp³-hybridized carbons (Fsp3) is 0.211. The fourth-order valence-corrected chi connectivity index (χ4v) is 3.16. The number of amides is 2. The molecular formula is C19H17ClN2O6. The molecule has 1 heterocycles. The highest BCUT2D eigenvalue weighted by Gasteiger charge is 2.36. The number of phenols is 1. The van der Waals surface area contributed by atoms with E-state index in [1.54, 1.807) is 18.2 Å². The number of hydrogen-bond acceptors (Lipinski definition) is 5. The molecule has 8 nitrogen and oxygen atoms in total. The van der Waals surface area contributed by atoms with Gasteiger partial charge in [0, 0.05) is 18.0 Å². The number of nitrogens with one attached hydrogen (secondary N) is 1. The van der Waals surface area contributed by atoms with Crippen LogP contribution in [0.3, 0.4) is 0 Å². The molecule has 146 valence electrons. The van der Waals surface area contributed by atoms with E-state index >= 15 is 0 Å². The lowest BCUT2D eigenvalue weighted by atomic mass is 10.1. The van der Waals surface area contributed by atoms with Crippen molar-refractivity contribution in [1.29, 1.82) is 0 Å². The summed E-state index contributed by atoms with van der Waals surface area (Å²) in [5.74, 6) is -2.48. The number of aromatic hydroxyl groups is 1. The van der Waals surface area contributed by atoms with E-state index in [4.69, 9.17) is 21.4 Å². The lowest BCUT2D eigenvalue weighted by Gasteiger charge is -2.20. The molecule has 1 atom stereocenters. The SMILES string of the molecule is COc1ccc(Cl)cc1N1CC(C(=O)Nc2cc(C(=O)O)ccc2O)CC1=O. The standard InChI is InChI=1S/C19H17ClN2O6/c1-28-16-5-3-12(20)8-14(16)22-9-11(7-17(22)24)18(25)21-13-6-10(19(26)27)2-4-15(13)23/h2-6,8,11,23H,7,9H2,1H3,(H,21,25)(H,26,27). The van der Waals surface area contributed by atoms with Gasteiger partial charge in [-0.25, -0.2) is 4.79 Å². The number of methoxy groups -OCH3 is 1. The van der Waals surface area contributed by atoms with Crippen LogP contribution in [0.5, 0.6) is 11.5 Å². The molecule has 2 aromatic rings. The lowest BCUT2D eigenvalue weighted by molar-refractivity contribution is -0.122. The van der Waals surface area contributed by atoms with Crippen LogP contribution in [-0.2, 0) is 9.59 Å². The van der Waals surface area contributed by atoms with Gasteiger partial charge in [0.25, 0.3) is 0 Å². The maximum absolute atomic E-state index is 12.6. The minimum atomic E-state index is -1.19. The Morgan fingerprint density at radius 2 is 2.00 bits per heavy atom. The Bertz CT molecular complexity index is 961. The van der Waals surface area contributed by atoms with Gasteiger partial charge in [-0.1, -0.05) is 11.6 Å². The smallest absolute Gasteiger partial charge is 0.335 e. The summed E-state index contributed by atoms with van der Waals surface area (Å²) < 4.78 is 5.26. The number of aromatic carboxylic acids is 1. The molecule has 0 aliphatic carbocycles. The summed E-state index contributed by atoms with van der Waals surface area (Å²) in [6.45, 7) is 0.0980. The van der Waals surface area contributed by atoms with E-state index < -0.39 is 17.8 Å². The number of ether oxygens (including phenoxy) is 1. The molecule has 0 saturated carbocycles. The minimum Gasteiger partial charge on any atom is -0.506 e. The molecule has 1 fully saturated rings. The van der Waals surface area contributed by atoms with Crippen LogP contribution in [0.15, 0.2) is 36.4 Å². The third-order valence-electron chi connectivity index (χ3n) is 4.43. The van der Waals surface area contributed by atoms with Gasteiger partial charge >= 0.3 is 5.97 Å². The highest BCUT2D eigenvalue weighted by atomic mass is 35.5. The predicted octanol–water partition coefficient (Wildman–Crippen LogP) is 2.74. The molecule has 3 rings (SSSR count). The number of phenolic OH excluding ortho intramolecular Hbond substituents is 1. The Labute approximate surface area is 165 Å². The van der Waals surface area contributed by atoms with E-state index in [0.29, 0.717) is 16.5 Å². The van der Waals surface area contributed by atoms with Crippen LogP contribution in [0, 0.1) is 5.92 Å². The predicted molar refractivity (Wildman–Crippen MR) is 102 cm³/mol. The van der Waals surface area contributed by atoms with Crippen molar-refractivity contribution in [3.8, 4) is 11.5 Å². The highest BCUT2D eigenvalue weighted by molar-refractivity contribution is 6.31. The number of carbonyl (C=O) groups is 3. The molecule has 3 N–H and O–H groups in total. The van der Waals surface area contributed by atoms with Crippen molar-refractivity contribution in [2.45, 2.75) is 6.42 Å². The Morgan fingerprint density at radius 3 is 2.68 bits per heavy atom. The first-order valence-corrected chi connectivity index (χ1v) is 8.69. The van der Waals surface area contributed by atoms with E-state index in [1.807, 2.05) is 0 Å². The normalized spacial score (nSPS) is 16.1. The van der Waals surface area contributed by atoms with Crippen LogP contribution in [-0.4, -0.2) is 41.7 Å². The van der Waals surface area contributed by atoms with Crippen LogP contribution >= 0.6 is 11.6 Å². The number of carbonyl (C=O) groups excluding carboxylic acids is 2. The molecular weight excluding hydrogens is 388 g/mol. The van der Waals surface area contributed by atoms with Crippen LogP contribution in [0.4, 0.5) is 11.4 Å². The van der Waals surface area contributed by atoms with Crippen LogP contribution < -0.4 is 15.0 Å². The molecule has 1 saturated heterocycles. The number of halogens is 1. The summed E-state index contributed by atoms with van der Waals surface area (Å²) >= 11 is 6.02. The number of anilines is 2. The summed E-state index contributed by atoms with van der Waals surface area (Å²) in [6.07, 6.45) is -0.0408. The van der Waals surface area contributed by atoms with Crippen molar-refractivity contribution >= 4 is 40.8 Å². The summed E-state index contributed by atoms with van der Waals surface area (Å²) in [7, 11) is 1.47. The summed E-state index contributed by atoms with van der Waals surface area (Å²) in [5.41, 5.74) is 0.350. The van der Waals surface area contributed by atoms with Crippen molar-refractivity contribution in [3.05, 3.63) is 47.0 Å². The molecule has 0 radical (unpaired) electrons. The quantitative estimate of drug-likeness (QED) is 0.660. The molecule has 28 heavy (non-hydrogen) atoms. The maximum Gasteiger partial charge on any atom is 0.335 e. The number of nitrogens with zero attached hydrogens (tertiary/aromatic N) is 1. The fourth-order valence-electron chi connectivity index (χ4n) is 2.99. The number of carboxylic acids is 1. The van der Waals surface area contributed by atoms with E-state index in [9.17, 15) is 19.5 Å². The van der Waals surface area contributed by atoms with Gasteiger partial charge in [0.15, 0.2) is 0 Å². The van der Waals surface area contributed by atoms with E-state index in [0.717, 1.165) is 6.07 Å². The topological polar surface area (TPSA) is 116 Å². The highest BCUT2D eigenvalue weighted by Crippen LogP contribution is 2.35.